The Bertz CT molecular complexity index is 414. The zero-order valence-corrected chi connectivity index (χ0v) is 13.0. The molecule has 3 rings (SSSR count). The summed E-state index contributed by atoms with van der Waals surface area (Å²) in [5.74, 6) is 2.51. The Hall–Kier alpha value is -0.580. The van der Waals surface area contributed by atoms with Crippen LogP contribution >= 0.6 is 11.8 Å². The Morgan fingerprint density at radius 1 is 1.45 bits per heavy atom. The number of rotatable bonds is 3. The number of hydrogen-bond donors (Lipinski definition) is 1. The van der Waals surface area contributed by atoms with Gasteiger partial charge in [0.25, 0.3) is 0 Å². The Balaban J connectivity index is 1.60. The predicted molar refractivity (Wildman–Crippen MR) is 84.1 cm³/mol. The van der Waals surface area contributed by atoms with Gasteiger partial charge >= 0.3 is 0 Å². The minimum absolute atomic E-state index is 0.163. The molecule has 2 saturated heterocycles. The molecule has 0 radical (unpaired) electrons. The van der Waals surface area contributed by atoms with Crippen LogP contribution in [-0.2, 0) is 4.74 Å². The number of ether oxygens (including phenoxy) is 1. The first kappa shape index (κ1) is 14.4. The lowest BCUT2D eigenvalue weighted by Crippen LogP contribution is -2.49. The molecular formula is C16H24N2OS. The van der Waals surface area contributed by atoms with Crippen LogP contribution in [0.4, 0.5) is 0 Å². The topological polar surface area (TPSA) is 34.1 Å². The summed E-state index contributed by atoms with van der Waals surface area (Å²) < 4.78 is 6.16. The average molecular weight is 292 g/mol. The molecule has 20 heavy (non-hydrogen) atoms. The van der Waals surface area contributed by atoms with Crippen LogP contribution in [0, 0.1) is 0 Å². The lowest BCUT2D eigenvalue weighted by molar-refractivity contribution is -0.0940. The number of thioether (sulfide) groups is 1. The standard InChI is InChI=1S/C16H24N2OS/c1-13(14-3-2-7-17-12-14)18-15-4-8-19-16(11-15)5-9-20-10-6-16/h2-3,7,12-13,15,18H,4-6,8-11H2,1H3/t13-,15?/m0/s1. The van der Waals surface area contributed by atoms with E-state index >= 15 is 0 Å². The monoisotopic (exact) mass is 292 g/mol. The zero-order chi connectivity index (χ0) is 13.8. The Morgan fingerprint density at radius 3 is 3.05 bits per heavy atom. The van der Waals surface area contributed by atoms with Gasteiger partial charge in [-0.1, -0.05) is 6.07 Å². The van der Waals surface area contributed by atoms with Crippen LogP contribution in [0.1, 0.15) is 44.2 Å². The highest BCUT2D eigenvalue weighted by Crippen LogP contribution is 2.37. The van der Waals surface area contributed by atoms with Crippen LogP contribution in [0.3, 0.4) is 0 Å². The second-order valence-electron chi connectivity index (χ2n) is 6.01. The van der Waals surface area contributed by atoms with Crippen LogP contribution in [0.5, 0.6) is 0 Å². The summed E-state index contributed by atoms with van der Waals surface area (Å²) in [4.78, 5) is 4.21. The average Bonchev–Trinajstić information content (AvgIpc) is 2.49. The fourth-order valence-electron chi connectivity index (χ4n) is 3.34. The van der Waals surface area contributed by atoms with Crippen molar-refractivity contribution in [2.24, 2.45) is 0 Å². The molecule has 0 aromatic carbocycles. The van der Waals surface area contributed by atoms with Crippen molar-refractivity contribution in [3.05, 3.63) is 30.1 Å². The molecule has 1 aromatic rings. The molecule has 3 heterocycles. The van der Waals surface area contributed by atoms with E-state index in [2.05, 4.69) is 35.1 Å². The molecule has 2 aliphatic rings. The first-order valence-electron chi connectivity index (χ1n) is 7.65. The van der Waals surface area contributed by atoms with E-state index in [1.54, 1.807) is 0 Å². The van der Waals surface area contributed by atoms with Crippen molar-refractivity contribution in [1.82, 2.24) is 10.3 Å². The largest absolute Gasteiger partial charge is 0.375 e. The fourth-order valence-corrected chi connectivity index (χ4v) is 4.58. The Labute approximate surface area is 125 Å². The van der Waals surface area contributed by atoms with Gasteiger partial charge in [0.05, 0.1) is 5.60 Å². The number of aromatic nitrogens is 1. The Morgan fingerprint density at radius 2 is 2.30 bits per heavy atom. The summed E-state index contributed by atoms with van der Waals surface area (Å²) in [6, 6.07) is 5.10. The molecule has 1 unspecified atom stereocenters. The molecule has 1 spiro atoms. The first-order valence-corrected chi connectivity index (χ1v) is 8.81. The van der Waals surface area contributed by atoms with Crippen molar-refractivity contribution in [3.8, 4) is 0 Å². The summed E-state index contributed by atoms with van der Waals surface area (Å²) in [5, 5.41) is 3.78. The smallest absolute Gasteiger partial charge is 0.0713 e. The molecule has 2 aliphatic heterocycles. The van der Waals surface area contributed by atoms with Crippen molar-refractivity contribution in [1.29, 1.82) is 0 Å². The second kappa shape index (κ2) is 6.46. The molecule has 3 nitrogen and oxygen atoms in total. The van der Waals surface area contributed by atoms with Crippen molar-refractivity contribution in [3.63, 3.8) is 0 Å². The van der Waals surface area contributed by atoms with Crippen molar-refractivity contribution in [2.75, 3.05) is 18.1 Å². The SMILES string of the molecule is C[C@H](NC1CCOC2(CCSCC2)C1)c1cccnc1. The zero-order valence-electron chi connectivity index (χ0n) is 12.2. The van der Waals surface area contributed by atoms with Gasteiger partial charge in [-0.2, -0.15) is 11.8 Å². The van der Waals surface area contributed by atoms with E-state index in [-0.39, 0.29) is 5.60 Å². The van der Waals surface area contributed by atoms with E-state index in [1.807, 2.05) is 18.5 Å². The van der Waals surface area contributed by atoms with Crippen LogP contribution in [0.25, 0.3) is 0 Å². The van der Waals surface area contributed by atoms with Gasteiger partial charge in [-0.25, -0.2) is 0 Å². The van der Waals surface area contributed by atoms with Gasteiger partial charge in [-0.05, 0) is 55.7 Å². The van der Waals surface area contributed by atoms with E-state index in [1.165, 1.54) is 29.9 Å². The minimum atomic E-state index is 0.163. The molecule has 0 amide bonds. The molecule has 2 fully saturated rings. The molecular weight excluding hydrogens is 268 g/mol. The van der Waals surface area contributed by atoms with E-state index in [0.717, 1.165) is 19.4 Å². The van der Waals surface area contributed by atoms with Crippen LogP contribution in [0.15, 0.2) is 24.5 Å². The molecule has 4 heteroatoms. The lowest BCUT2D eigenvalue weighted by atomic mass is 9.85. The third-order valence-electron chi connectivity index (χ3n) is 4.57. The van der Waals surface area contributed by atoms with Gasteiger partial charge in [0.15, 0.2) is 0 Å². The van der Waals surface area contributed by atoms with Crippen molar-refractivity contribution in [2.45, 2.75) is 50.3 Å². The number of pyridine rings is 1. The maximum Gasteiger partial charge on any atom is 0.0713 e. The van der Waals surface area contributed by atoms with Gasteiger partial charge in [-0.15, -0.1) is 0 Å². The highest BCUT2D eigenvalue weighted by Gasteiger charge is 2.38. The highest BCUT2D eigenvalue weighted by atomic mass is 32.2. The summed E-state index contributed by atoms with van der Waals surface area (Å²) in [6.45, 7) is 3.14. The predicted octanol–water partition coefficient (Wildman–Crippen LogP) is 3.18. The molecule has 0 aliphatic carbocycles. The lowest BCUT2D eigenvalue weighted by Gasteiger charge is -2.44. The van der Waals surface area contributed by atoms with Crippen LogP contribution < -0.4 is 5.32 Å². The maximum atomic E-state index is 6.16. The van der Waals surface area contributed by atoms with Crippen LogP contribution in [-0.4, -0.2) is 34.7 Å². The summed E-state index contributed by atoms with van der Waals surface area (Å²) in [6.07, 6.45) is 8.52. The summed E-state index contributed by atoms with van der Waals surface area (Å²) in [5.41, 5.74) is 1.43. The van der Waals surface area contributed by atoms with Crippen molar-refractivity contribution >= 4 is 11.8 Å². The van der Waals surface area contributed by atoms with Gasteiger partial charge in [0, 0.05) is 31.1 Å². The molecule has 2 atom stereocenters. The van der Waals surface area contributed by atoms with Gasteiger partial charge in [-0.3, -0.25) is 4.98 Å². The third kappa shape index (κ3) is 3.35. The second-order valence-corrected chi connectivity index (χ2v) is 7.23. The number of nitrogens with zero attached hydrogens (tertiary/aromatic N) is 1. The minimum Gasteiger partial charge on any atom is -0.375 e. The molecule has 1 N–H and O–H groups in total. The van der Waals surface area contributed by atoms with E-state index in [0.29, 0.717) is 12.1 Å². The summed E-state index contributed by atoms with van der Waals surface area (Å²) in [7, 11) is 0. The maximum absolute atomic E-state index is 6.16. The molecule has 1 aromatic heterocycles. The number of hydrogen-bond acceptors (Lipinski definition) is 4. The van der Waals surface area contributed by atoms with Crippen LogP contribution in [0.2, 0.25) is 0 Å². The highest BCUT2D eigenvalue weighted by molar-refractivity contribution is 7.99. The van der Waals surface area contributed by atoms with Gasteiger partial charge < -0.3 is 10.1 Å². The van der Waals surface area contributed by atoms with Gasteiger partial charge in [0.1, 0.15) is 0 Å². The van der Waals surface area contributed by atoms with Crippen molar-refractivity contribution < 1.29 is 4.74 Å². The molecule has 0 saturated carbocycles. The fraction of sp³-hybridized carbons (Fsp3) is 0.688. The first-order chi connectivity index (χ1) is 9.77. The summed E-state index contributed by atoms with van der Waals surface area (Å²) >= 11 is 2.07. The third-order valence-corrected chi connectivity index (χ3v) is 5.55. The van der Waals surface area contributed by atoms with Gasteiger partial charge in [0.2, 0.25) is 0 Å². The normalized spacial score (nSPS) is 27.4. The number of nitrogens with one attached hydrogen (secondary N) is 1. The molecule has 0 bridgehead atoms. The van der Waals surface area contributed by atoms with E-state index in [9.17, 15) is 0 Å². The Kier molecular flexibility index (Phi) is 4.64. The quantitative estimate of drug-likeness (QED) is 0.928. The van der Waals surface area contributed by atoms with E-state index < -0.39 is 0 Å². The molecule has 110 valence electrons. The van der Waals surface area contributed by atoms with E-state index in [4.69, 9.17) is 4.74 Å².